The standard InChI is InChI=1S/C26H24O3/c1-4-28-24(27)15-14-22-25(17(2)3)26-21-12-10-19(18-8-6-5-7-9-18)16-20(21)11-13-23(26)29-22/h5-13,16H,2,4,14-15H2,1,3H3. The Balaban J connectivity index is 1.82. The molecule has 3 aromatic carbocycles. The van der Waals surface area contributed by atoms with Crippen molar-refractivity contribution in [2.45, 2.75) is 26.7 Å². The summed E-state index contributed by atoms with van der Waals surface area (Å²) in [5, 5.41) is 3.35. The predicted octanol–water partition coefficient (Wildman–Crippen LogP) is 6.78. The molecule has 0 unspecified atom stereocenters. The number of fused-ring (bicyclic) bond motifs is 3. The number of benzene rings is 3. The fraction of sp³-hybridized carbons (Fsp3) is 0.192. The lowest BCUT2D eigenvalue weighted by Gasteiger charge is -2.07. The third kappa shape index (κ3) is 3.68. The van der Waals surface area contributed by atoms with Gasteiger partial charge in [-0.25, -0.2) is 0 Å². The molecule has 0 amide bonds. The van der Waals surface area contributed by atoms with Gasteiger partial charge in [0.1, 0.15) is 11.3 Å². The second-order valence-electron chi connectivity index (χ2n) is 7.23. The Morgan fingerprint density at radius 3 is 2.55 bits per heavy atom. The lowest BCUT2D eigenvalue weighted by atomic mass is 9.95. The second-order valence-corrected chi connectivity index (χ2v) is 7.23. The largest absolute Gasteiger partial charge is 0.466 e. The Morgan fingerprint density at radius 2 is 1.83 bits per heavy atom. The molecule has 0 aliphatic rings. The first-order chi connectivity index (χ1) is 14.1. The highest BCUT2D eigenvalue weighted by atomic mass is 16.5. The Morgan fingerprint density at radius 1 is 1.03 bits per heavy atom. The third-order valence-corrected chi connectivity index (χ3v) is 5.14. The van der Waals surface area contributed by atoms with Crippen molar-refractivity contribution < 1.29 is 13.9 Å². The predicted molar refractivity (Wildman–Crippen MR) is 119 cm³/mol. The Hall–Kier alpha value is -3.33. The third-order valence-electron chi connectivity index (χ3n) is 5.14. The first kappa shape index (κ1) is 19.0. The average molecular weight is 384 g/mol. The molecule has 0 aliphatic carbocycles. The minimum Gasteiger partial charge on any atom is -0.466 e. The van der Waals surface area contributed by atoms with E-state index in [9.17, 15) is 4.79 Å². The minimum atomic E-state index is -0.210. The number of aryl methyl sites for hydroxylation is 1. The van der Waals surface area contributed by atoms with Crippen LogP contribution in [-0.4, -0.2) is 12.6 Å². The van der Waals surface area contributed by atoms with E-state index in [2.05, 4.69) is 43.0 Å². The number of furan rings is 1. The van der Waals surface area contributed by atoms with E-state index >= 15 is 0 Å². The van der Waals surface area contributed by atoms with Gasteiger partial charge in [0.2, 0.25) is 0 Å². The number of esters is 1. The van der Waals surface area contributed by atoms with Gasteiger partial charge < -0.3 is 9.15 Å². The van der Waals surface area contributed by atoms with Crippen molar-refractivity contribution in [3.63, 3.8) is 0 Å². The molecule has 146 valence electrons. The lowest BCUT2D eigenvalue weighted by Crippen LogP contribution is -2.05. The summed E-state index contributed by atoms with van der Waals surface area (Å²) < 4.78 is 11.2. The molecule has 0 fully saturated rings. The monoisotopic (exact) mass is 384 g/mol. The number of ether oxygens (including phenoxy) is 1. The molecular weight excluding hydrogens is 360 g/mol. The summed E-state index contributed by atoms with van der Waals surface area (Å²) in [6, 6.07) is 20.9. The Labute approximate surface area is 170 Å². The van der Waals surface area contributed by atoms with Crippen LogP contribution in [0.1, 0.15) is 31.6 Å². The van der Waals surface area contributed by atoms with Gasteiger partial charge in [-0.3, -0.25) is 4.79 Å². The highest BCUT2D eigenvalue weighted by molar-refractivity contribution is 6.12. The molecule has 0 saturated heterocycles. The maximum Gasteiger partial charge on any atom is 0.306 e. The van der Waals surface area contributed by atoms with E-state index in [-0.39, 0.29) is 5.97 Å². The van der Waals surface area contributed by atoms with Gasteiger partial charge in [-0.15, -0.1) is 0 Å². The van der Waals surface area contributed by atoms with Crippen LogP contribution >= 0.6 is 0 Å². The molecule has 4 rings (SSSR count). The molecule has 4 aromatic rings. The van der Waals surface area contributed by atoms with Crippen molar-refractivity contribution in [2.75, 3.05) is 6.61 Å². The molecule has 0 spiro atoms. The summed E-state index contributed by atoms with van der Waals surface area (Å²) in [5.41, 5.74) is 5.13. The summed E-state index contributed by atoms with van der Waals surface area (Å²) >= 11 is 0. The number of allylic oxidation sites excluding steroid dienone is 1. The van der Waals surface area contributed by atoms with Crippen molar-refractivity contribution in [2.24, 2.45) is 0 Å². The SMILES string of the molecule is C=C(C)c1c(CCC(=O)OCC)oc2ccc3cc(-c4ccccc4)ccc3c12. The molecule has 0 radical (unpaired) electrons. The zero-order chi connectivity index (χ0) is 20.4. The van der Waals surface area contributed by atoms with Crippen LogP contribution in [0.5, 0.6) is 0 Å². The zero-order valence-corrected chi connectivity index (χ0v) is 16.8. The number of hydrogen-bond donors (Lipinski definition) is 0. The van der Waals surface area contributed by atoms with Crippen LogP contribution in [0, 0.1) is 0 Å². The molecule has 0 bridgehead atoms. The Bertz CT molecular complexity index is 1200. The van der Waals surface area contributed by atoms with Gasteiger partial charge >= 0.3 is 5.97 Å². The quantitative estimate of drug-likeness (QED) is 0.344. The highest BCUT2D eigenvalue weighted by Gasteiger charge is 2.18. The highest BCUT2D eigenvalue weighted by Crippen LogP contribution is 2.38. The maximum atomic E-state index is 11.8. The van der Waals surface area contributed by atoms with Gasteiger partial charge in [0.25, 0.3) is 0 Å². The van der Waals surface area contributed by atoms with Crippen molar-refractivity contribution >= 4 is 33.3 Å². The molecular formula is C26H24O3. The minimum absolute atomic E-state index is 0.210. The van der Waals surface area contributed by atoms with Crippen LogP contribution in [-0.2, 0) is 16.0 Å². The smallest absolute Gasteiger partial charge is 0.306 e. The zero-order valence-electron chi connectivity index (χ0n) is 16.8. The summed E-state index contributed by atoms with van der Waals surface area (Å²) in [6.45, 7) is 8.35. The van der Waals surface area contributed by atoms with E-state index in [0.29, 0.717) is 19.4 Å². The van der Waals surface area contributed by atoms with Crippen LogP contribution in [0.15, 0.2) is 71.7 Å². The number of carbonyl (C=O) groups is 1. The maximum absolute atomic E-state index is 11.8. The van der Waals surface area contributed by atoms with Crippen LogP contribution in [0.4, 0.5) is 0 Å². The first-order valence-electron chi connectivity index (χ1n) is 9.93. The van der Waals surface area contributed by atoms with E-state index in [0.717, 1.165) is 38.6 Å². The molecule has 3 nitrogen and oxygen atoms in total. The fourth-order valence-corrected chi connectivity index (χ4v) is 3.86. The van der Waals surface area contributed by atoms with E-state index in [1.54, 1.807) is 0 Å². The molecule has 29 heavy (non-hydrogen) atoms. The van der Waals surface area contributed by atoms with Crippen molar-refractivity contribution in [1.29, 1.82) is 0 Å². The van der Waals surface area contributed by atoms with Crippen LogP contribution < -0.4 is 0 Å². The molecule has 1 heterocycles. The second kappa shape index (κ2) is 7.96. The van der Waals surface area contributed by atoms with Gasteiger partial charge in [0.15, 0.2) is 0 Å². The Kier molecular flexibility index (Phi) is 5.22. The van der Waals surface area contributed by atoms with Crippen LogP contribution in [0.25, 0.3) is 38.4 Å². The fourth-order valence-electron chi connectivity index (χ4n) is 3.86. The van der Waals surface area contributed by atoms with Crippen LogP contribution in [0.3, 0.4) is 0 Å². The van der Waals surface area contributed by atoms with Crippen molar-refractivity contribution in [3.05, 3.63) is 78.6 Å². The number of carbonyl (C=O) groups excluding carboxylic acids is 1. The van der Waals surface area contributed by atoms with E-state index in [1.807, 2.05) is 38.1 Å². The van der Waals surface area contributed by atoms with E-state index in [4.69, 9.17) is 9.15 Å². The van der Waals surface area contributed by atoms with E-state index in [1.165, 1.54) is 11.1 Å². The normalized spacial score (nSPS) is 11.1. The average Bonchev–Trinajstić information content (AvgIpc) is 3.12. The van der Waals surface area contributed by atoms with Crippen LogP contribution in [0.2, 0.25) is 0 Å². The summed E-state index contributed by atoms with van der Waals surface area (Å²) in [6.07, 6.45) is 0.795. The van der Waals surface area contributed by atoms with Gasteiger partial charge in [-0.1, -0.05) is 55.1 Å². The summed E-state index contributed by atoms with van der Waals surface area (Å²) in [5.74, 6) is 0.582. The van der Waals surface area contributed by atoms with Gasteiger partial charge in [-0.2, -0.15) is 0 Å². The molecule has 0 N–H and O–H groups in total. The first-order valence-corrected chi connectivity index (χ1v) is 9.93. The molecule has 3 heteroatoms. The molecule has 1 aromatic heterocycles. The number of rotatable bonds is 6. The number of hydrogen-bond acceptors (Lipinski definition) is 3. The topological polar surface area (TPSA) is 39.4 Å². The molecule has 0 aliphatic heterocycles. The van der Waals surface area contributed by atoms with Gasteiger partial charge in [0.05, 0.1) is 13.0 Å². The lowest BCUT2D eigenvalue weighted by molar-refractivity contribution is -0.143. The van der Waals surface area contributed by atoms with Gasteiger partial charge in [0, 0.05) is 17.4 Å². The molecule has 0 atom stereocenters. The molecule has 0 saturated carbocycles. The summed E-state index contributed by atoms with van der Waals surface area (Å²) in [7, 11) is 0. The van der Waals surface area contributed by atoms with Crippen molar-refractivity contribution in [1.82, 2.24) is 0 Å². The van der Waals surface area contributed by atoms with Crippen molar-refractivity contribution in [3.8, 4) is 11.1 Å². The summed E-state index contributed by atoms with van der Waals surface area (Å²) in [4.78, 5) is 11.8. The van der Waals surface area contributed by atoms with E-state index < -0.39 is 0 Å². The van der Waals surface area contributed by atoms with Gasteiger partial charge in [-0.05, 0) is 53.5 Å².